The third kappa shape index (κ3) is 3.96. The number of benzene rings is 1. The van der Waals surface area contributed by atoms with E-state index in [2.05, 4.69) is 30.2 Å². The maximum Gasteiger partial charge on any atom is 0.124 e. The van der Waals surface area contributed by atoms with E-state index >= 15 is 0 Å². The van der Waals surface area contributed by atoms with Gasteiger partial charge in [-0.05, 0) is 36.5 Å². The van der Waals surface area contributed by atoms with E-state index in [-0.39, 0.29) is 11.2 Å². The van der Waals surface area contributed by atoms with Crippen LogP contribution in [0.2, 0.25) is 0 Å². The van der Waals surface area contributed by atoms with Gasteiger partial charge in [-0.2, -0.15) is 5.26 Å². The highest BCUT2D eigenvalue weighted by molar-refractivity contribution is 5.95. The zero-order valence-electron chi connectivity index (χ0n) is 14.0. The number of fused-ring (bicyclic) bond motifs is 1. The van der Waals surface area contributed by atoms with Crippen molar-refractivity contribution in [1.82, 2.24) is 4.98 Å². The van der Waals surface area contributed by atoms with Crippen LogP contribution in [0.15, 0.2) is 18.3 Å². The molecule has 122 valence electrons. The average Bonchev–Trinajstić information content (AvgIpc) is 2.50. The first kappa shape index (κ1) is 17.2. The molecule has 0 atom stereocenters. The Morgan fingerprint density at radius 2 is 2.13 bits per heavy atom. The maximum atomic E-state index is 13.8. The summed E-state index contributed by atoms with van der Waals surface area (Å²) < 4.78 is 18.9. The third-order valence-electron chi connectivity index (χ3n) is 3.97. The van der Waals surface area contributed by atoms with Crippen LogP contribution in [0, 0.1) is 29.5 Å². The number of halogens is 1. The number of nitriles is 1. The van der Waals surface area contributed by atoms with Gasteiger partial charge in [0.2, 0.25) is 0 Å². The molecule has 0 saturated heterocycles. The molecular weight excluding hydrogens is 293 g/mol. The zero-order valence-corrected chi connectivity index (χ0v) is 14.0. The molecule has 2 rings (SSSR count). The maximum absolute atomic E-state index is 13.8. The van der Waals surface area contributed by atoms with Crippen molar-refractivity contribution in [2.75, 3.05) is 25.6 Å². The zero-order chi connectivity index (χ0) is 17.0. The van der Waals surface area contributed by atoms with Crippen molar-refractivity contribution in [3.8, 4) is 6.07 Å². The quantitative estimate of drug-likeness (QED) is 0.874. The number of pyridine rings is 1. The van der Waals surface area contributed by atoms with Gasteiger partial charge in [-0.3, -0.25) is 4.98 Å². The van der Waals surface area contributed by atoms with E-state index in [0.29, 0.717) is 35.3 Å². The number of ether oxygens (including phenoxy) is 1. The number of rotatable bonds is 6. The summed E-state index contributed by atoms with van der Waals surface area (Å²) in [4.78, 5) is 4.30. The average molecular weight is 315 g/mol. The number of hydrogen-bond donors (Lipinski definition) is 1. The largest absolute Gasteiger partial charge is 0.385 e. The first-order valence-corrected chi connectivity index (χ1v) is 7.60. The Balaban J connectivity index is 2.40. The molecule has 4 nitrogen and oxygen atoms in total. The Labute approximate surface area is 136 Å². The van der Waals surface area contributed by atoms with Crippen LogP contribution >= 0.6 is 0 Å². The van der Waals surface area contributed by atoms with Gasteiger partial charge in [-0.1, -0.05) is 13.8 Å². The monoisotopic (exact) mass is 315 g/mol. The van der Waals surface area contributed by atoms with Crippen LogP contribution < -0.4 is 5.32 Å². The molecule has 0 aliphatic carbocycles. The molecule has 1 aromatic carbocycles. The molecule has 0 aliphatic rings. The van der Waals surface area contributed by atoms with Crippen molar-refractivity contribution in [1.29, 1.82) is 5.26 Å². The minimum atomic E-state index is -0.325. The van der Waals surface area contributed by atoms with Crippen molar-refractivity contribution < 1.29 is 9.13 Å². The summed E-state index contributed by atoms with van der Waals surface area (Å²) in [6, 6.07) is 5.02. The molecule has 1 aromatic heterocycles. The van der Waals surface area contributed by atoms with Gasteiger partial charge in [0.1, 0.15) is 11.9 Å². The molecule has 0 amide bonds. The van der Waals surface area contributed by atoms with Crippen LogP contribution in [-0.4, -0.2) is 25.2 Å². The molecule has 0 spiro atoms. The highest BCUT2D eigenvalue weighted by Crippen LogP contribution is 2.30. The smallest absolute Gasteiger partial charge is 0.124 e. The minimum Gasteiger partial charge on any atom is -0.385 e. The first-order valence-electron chi connectivity index (χ1n) is 7.60. The van der Waals surface area contributed by atoms with Crippen molar-refractivity contribution in [3.63, 3.8) is 0 Å². The Morgan fingerprint density at radius 3 is 2.78 bits per heavy atom. The highest BCUT2D eigenvalue weighted by Gasteiger charge is 2.19. The van der Waals surface area contributed by atoms with E-state index in [1.165, 1.54) is 18.3 Å². The summed E-state index contributed by atoms with van der Waals surface area (Å²) in [5, 5.41) is 13.3. The fourth-order valence-electron chi connectivity index (χ4n) is 2.51. The lowest BCUT2D eigenvalue weighted by molar-refractivity contribution is 0.157. The van der Waals surface area contributed by atoms with Gasteiger partial charge in [-0.25, -0.2) is 4.39 Å². The van der Waals surface area contributed by atoms with Gasteiger partial charge in [0.25, 0.3) is 0 Å². The van der Waals surface area contributed by atoms with Crippen LogP contribution in [-0.2, 0) is 4.74 Å². The van der Waals surface area contributed by atoms with Gasteiger partial charge in [0, 0.05) is 31.8 Å². The lowest BCUT2D eigenvalue weighted by Crippen LogP contribution is -2.25. The van der Waals surface area contributed by atoms with Gasteiger partial charge in [0.05, 0.1) is 16.8 Å². The Morgan fingerprint density at radius 1 is 1.39 bits per heavy atom. The molecule has 23 heavy (non-hydrogen) atoms. The molecule has 0 fully saturated rings. The number of hydrogen-bond acceptors (Lipinski definition) is 4. The fourth-order valence-corrected chi connectivity index (χ4v) is 2.51. The molecule has 5 heteroatoms. The molecule has 0 unspecified atom stereocenters. The van der Waals surface area contributed by atoms with E-state index in [0.717, 1.165) is 12.0 Å². The molecular formula is C18H22FN3O. The van der Waals surface area contributed by atoms with Crippen molar-refractivity contribution in [2.24, 2.45) is 5.41 Å². The number of nitrogens with one attached hydrogen (secondary N) is 1. The van der Waals surface area contributed by atoms with E-state index in [1.807, 2.05) is 6.92 Å². The van der Waals surface area contributed by atoms with Crippen molar-refractivity contribution in [2.45, 2.75) is 27.2 Å². The Kier molecular flexibility index (Phi) is 5.17. The van der Waals surface area contributed by atoms with E-state index in [4.69, 9.17) is 4.74 Å². The summed E-state index contributed by atoms with van der Waals surface area (Å²) in [6.07, 6.45) is 2.42. The standard InChI is InChI=1S/C18H22FN3O/c1-12-7-14(19)8-15-16(12)21-10-13(9-20)17(15)22-11-18(2,3)5-6-23-4/h7-8,10H,5-6,11H2,1-4H3,(H,21,22). The second-order valence-electron chi connectivity index (χ2n) is 6.54. The molecule has 1 N–H and O–H groups in total. The normalized spacial score (nSPS) is 11.5. The lowest BCUT2D eigenvalue weighted by atomic mass is 9.89. The van der Waals surface area contributed by atoms with Crippen molar-refractivity contribution in [3.05, 3.63) is 35.3 Å². The molecule has 0 bridgehead atoms. The van der Waals surface area contributed by atoms with Crippen LogP contribution in [0.5, 0.6) is 0 Å². The highest BCUT2D eigenvalue weighted by atomic mass is 19.1. The summed E-state index contributed by atoms with van der Waals surface area (Å²) >= 11 is 0. The molecule has 0 aliphatic heterocycles. The molecule has 0 radical (unpaired) electrons. The van der Waals surface area contributed by atoms with Crippen molar-refractivity contribution >= 4 is 16.6 Å². The second-order valence-corrected chi connectivity index (χ2v) is 6.54. The fraction of sp³-hybridized carbons (Fsp3) is 0.444. The van der Waals surface area contributed by atoms with Crippen LogP contribution in [0.1, 0.15) is 31.4 Å². The van der Waals surface area contributed by atoms with Crippen LogP contribution in [0.25, 0.3) is 10.9 Å². The van der Waals surface area contributed by atoms with Gasteiger partial charge in [0.15, 0.2) is 0 Å². The van der Waals surface area contributed by atoms with Gasteiger partial charge < -0.3 is 10.1 Å². The number of methoxy groups -OCH3 is 1. The summed E-state index contributed by atoms with van der Waals surface area (Å²) in [5.41, 5.74) is 2.52. The first-order chi connectivity index (χ1) is 10.9. The Bertz CT molecular complexity index is 750. The minimum absolute atomic E-state index is 0.0132. The second kappa shape index (κ2) is 6.93. The van der Waals surface area contributed by atoms with Gasteiger partial charge in [-0.15, -0.1) is 0 Å². The third-order valence-corrected chi connectivity index (χ3v) is 3.97. The van der Waals surface area contributed by atoms with Gasteiger partial charge >= 0.3 is 0 Å². The molecule has 1 heterocycles. The predicted molar refractivity (Wildman–Crippen MR) is 89.9 cm³/mol. The molecule has 0 saturated carbocycles. The van der Waals surface area contributed by atoms with Crippen LogP contribution in [0.3, 0.4) is 0 Å². The number of anilines is 1. The number of nitrogens with zero attached hydrogens (tertiary/aromatic N) is 2. The SMILES string of the molecule is COCCC(C)(C)CNc1c(C#N)cnc2c(C)cc(F)cc12. The lowest BCUT2D eigenvalue weighted by Gasteiger charge is -2.26. The number of aryl methyl sites for hydroxylation is 1. The Hall–Kier alpha value is -2.19. The number of aromatic nitrogens is 1. The van der Waals surface area contributed by atoms with E-state index < -0.39 is 0 Å². The summed E-state index contributed by atoms with van der Waals surface area (Å²) in [6.45, 7) is 7.39. The predicted octanol–water partition coefficient (Wildman–Crippen LogP) is 4.03. The van der Waals surface area contributed by atoms with E-state index in [1.54, 1.807) is 7.11 Å². The van der Waals surface area contributed by atoms with Crippen LogP contribution in [0.4, 0.5) is 10.1 Å². The summed E-state index contributed by atoms with van der Waals surface area (Å²) in [7, 11) is 1.68. The summed E-state index contributed by atoms with van der Waals surface area (Å²) in [5.74, 6) is -0.325. The van der Waals surface area contributed by atoms with E-state index in [9.17, 15) is 9.65 Å². The topological polar surface area (TPSA) is 57.9 Å². The molecule has 2 aromatic rings.